The summed E-state index contributed by atoms with van der Waals surface area (Å²) in [4.78, 5) is 0. The maximum Gasteiger partial charge on any atom is 0.416 e. The van der Waals surface area contributed by atoms with E-state index in [1.807, 2.05) is 0 Å². The Kier molecular flexibility index (Phi) is 3.35. The maximum atomic E-state index is 12.2. The lowest BCUT2D eigenvalue weighted by Gasteiger charge is -2.05. The monoisotopic (exact) mass is 223 g/mol. The van der Waals surface area contributed by atoms with Gasteiger partial charge in [-0.2, -0.15) is 13.2 Å². The van der Waals surface area contributed by atoms with Crippen molar-refractivity contribution in [3.05, 3.63) is 35.4 Å². The minimum Gasteiger partial charge on any atom is -0.277 e. The summed E-state index contributed by atoms with van der Waals surface area (Å²) in [5, 5.41) is 3.14. The zero-order chi connectivity index (χ0) is 10.6. The Labute approximate surface area is 83.1 Å². The van der Waals surface area contributed by atoms with E-state index in [9.17, 15) is 13.2 Å². The molecule has 0 aliphatic carbocycles. The predicted molar refractivity (Wildman–Crippen MR) is 46.0 cm³/mol. The van der Waals surface area contributed by atoms with Crippen LogP contribution in [0.4, 0.5) is 13.2 Å². The summed E-state index contributed by atoms with van der Waals surface area (Å²) in [6.07, 6.45) is -3.27. The van der Waals surface area contributed by atoms with Crippen molar-refractivity contribution in [1.29, 1.82) is 0 Å². The highest BCUT2D eigenvalue weighted by molar-refractivity contribution is 6.07. The van der Waals surface area contributed by atoms with Gasteiger partial charge in [0.05, 0.1) is 11.8 Å². The predicted octanol–water partition coefficient (Wildman–Crippen LogP) is 3.21. The van der Waals surface area contributed by atoms with Crippen molar-refractivity contribution in [2.24, 2.45) is 5.16 Å². The van der Waals surface area contributed by atoms with E-state index in [4.69, 9.17) is 11.9 Å². The molecule has 0 fully saturated rings. The van der Waals surface area contributed by atoms with Crippen LogP contribution in [-0.2, 0) is 10.6 Å². The van der Waals surface area contributed by atoms with Crippen LogP contribution in [0.15, 0.2) is 29.4 Å². The van der Waals surface area contributed by atoms with Crippen LogP contribution in [-0.4, -0.2) is 6.21 Å². The molecule has 0 atom stereocenters. The average molecular weight is 224 g/mol. The van der Waals surface area contributed by atoms with Crippen molar-refractivity contribution in [1.82, 2.24) is 0 Å². The number of rotatable bonds is 2. The fourth-order valence-corrected chi connectivity index (χ4v) is 0.916. The lowest BCUT2D eigenvalue weighted by molar-refractivity contribution is -0.137. The molecule has 1 rings (SSSR count). The molecule has 0 aromatic heterocycles. The van der Waals surface area contributed by atoms with Gasteiger partial charge in [-0.1, -0.05) is 17.3 Å². The van der Waals surface area contributed by atoms with Crippen LogP contribution in [0.2, 0.25) is 0 Å². The van der Waals surface area contributed by atoms with Gasteiger partial charge in [0.25, 0.3) is 0 Å². The molecule has 1 aromatic carbocycles. The summed E-state index contributed by atoms with van der Waals surface area (Å²) >= 11 is 4.76. The molecule has 0 aliphatic heterocycles. The Morgan fingerprint density at radius 1 is 1.36 bits per heavy atom. The molecule has 0 aliphatic rings. The van der Waals surface area contributed by atoms with Crippen molar-refractivity contribution in [2.75, 3.05) is 0 Å². The Balaban J connectivity index is 2.96. The van der Waals surface area contributed by atoms with Crippen LogP contribution in [0.5, 0.6) is 0 Å². The summed E-state index contributed by atoms with van der Waals surface area (Å²) in [6, 6.07) is 4.64. The van der Waals surface area contributed by atoms with Gasteiger partial charge in [-0.15, -0.1) is 0 Å². The Bertz CT molecular complexity index is 338. The molecule has 0 bridgehead atoms. The second kappa shape index (κ2) is 4.32. The van der Waals surface area contributed by atoms with E-state index in [0.717, 1.165) is 18.3 Å². The van der Waals surface area contributed by atoms with Gasteiger partial charge in [0, 0.05) is 0 Å². The molecular weight excluding hydrogens is 219 g/mol. The van der Waals surface area contributed by atoms with Gasteiger partial charge >= 0.3 is 6.18 Å². The van der Waals surface area contributed by atoms with E-state index < -0.39 is 11.7 Å². The molecule has 0 heterocycles. The Morgan fingerprint density at radius 3 is 2.64 bits per heavy atom. The highest BCUT2D eigenvalue weighted by Gasteiger charge is 2.30. The smallest absolute Gasteiger partial charge is 0.277 e. The molecular formula is C8H5ClF3NO. The van der Waals surface area contributed by atoms with Crippen molar-refractivity contribution >= 4 is 18.1 Å². The molecule has 6 heteroatoms. The third kappa shape index (κ3) is 2.92. The Hall–Kier alpha value is -1.23. The fraction of sp³-hybridized carbons (Fsp3) is 0.125. The van der Waals surface area contributed by atoms with E-state index in [-0.39, 0.29) is 5.56 Å². The number of alkyl halides is 3. The topological polar surface area (TPSA) is 21.6 Å². The van der Waals surface area contributed by atoms with Crippen LogP contribution in [0.1, 0.15) is 11.1 Å². The van der Waals surface area contributed by atoms with Crippen molar-refractivity contribution in [2.45, 2.75) is 6.18 Å². The lowest BCUT2D eigenvalue weighted by Crippen LogP contribution is -2.04. The molecule has 0 saturated carbocycles. The number of hydrogen-bond acceptors (Lipinski definition) is 2. The highest BCUT2D eigenvalue weighted by atomic mass is 35.5. The van der Waals surface area contributed by atoms with Gasteiger partial charge in [-0.3, -0.25) is 4.39 Å². The standard InChI is InChI=1S/C8H5ClF3NO/c9-14-13-5-6-2-1-3-7(4-6)8(10,11)12/h1-5H. The fourth-order valence-electron chi connectivity index (χ4n) is 0.876. The normalized spacial score (nSPS) is 12.0. The lowest BCUT2D eigenvalue weighted by atomic mass is 10.1. The Morgan fingerprint density at radius 2 is 2.07 bits per heavy atom. The largest absolute Gasteiger partial charge is 0.416 e. The van der Waals surface area contributed by atoms with Crippen LogP contribution >= 0.6 is 11.9 Å². The first-order valence-electron chi connectivity index (χ1n) is 3.52. The number of oxime groups is 1. The maximum absolute atomic E-state index is 12.2. The minimum absolute atomic E-state index is 0.264. The van der Waals surface area contributed by atoms with Crippen molar-refractivity contribution in [3.8, 4) is 0 Å². The molecule has 14 heavy (non-hydrogen) atoms. The number of hydrogen-bond donors (Lipinski definition) is 0. The molecule has 0 spiro atoms. The van der Waals surface area contributed by atoms with E-state index in [2.05, 4.69) is 9.55 Å². The van der Waals surface area contributed by atoms with Crippen LogP contribution in [0.3, 0.4) is 0 Å². The van der Waals surface area contributed by atoms with Gasteiger partial charge in [-0.25, -0.2) is 0 Å². The zero-order valence-corrected chi connectivity index (χ0v) is 7.51. The molecule has 0 N–H and O–H groups in total. The van der Waals surface area contributed by atoms with Gasteiger partial charge < -0.3 is 0 Å². The van der Waals surface area contributed by atoms with Gasteiger partial charge in [-0.05, 0) is 17.7 Å². The molecule has 0 unspecified atom stereocenters. The average Bonchev–Trinajstić information content (AvgIpc) is 2.14. The van der Waals surface area contributed by atoms with E-state index in [1.54, 1.807) is 0 Å². The number of nitrogens with zero attached hydrogens (tertiary/aromatic N) is 1. The third-order valence-electron chi connectivity index (χ3n) is 1.46. The summed E-state index contributed by atoms with van der Waals surface area (Å²) in [6.45, 7) is 0. The number of benzene rings is 1. The van der Waals surface area contributed by atoms with E-state index in [0.29, 0.717) is 0 Å². The quantitative estimate of drug-likeness (QED) is 0.557. The molecule has 76 valence electrons. The molecule has 2 nitrogen and oxygen atoms in total. The highest BCUT2D eigenvalue weighted by Crippen LogP contribution is 2.29. The minimum atomic E-state index is -4.36. The third-order valence-corrected chi connectivity index (χ3v) is 1.54. The molecule has 1 aromatic rings. The summed E-state index contributed by atoms with van der Waals surface area (Å²) in [5.74, 6) is 0. The van der Waals surface area contributed by atoms with Crippen LogP contribution < -0.4 is 0 Å². The molecule has 0 saturated heterocycles. The van der Waals surface area contributed by atoms with Gasteiger partial charge in [0.15, 0.2) is 11.9 Å². The van der Waals surface area contributed by atoms with E-state index in [1.165, 1.54) is 12.1 Å². The molecule has 0 radical (unpaired) electrons. The molecule has 0 amide bonds. The summed E-state index contributed by atoms with van der Waals surface area (Å²) in [7, 11) is 0. The number of halogens is 4. The second-order valence-electron chi connectivity index (χ2n) is 2.43. The first-order chi connectivity index (χ1) is 6.54. The van der Waals surface area contributed by atoms with Crippen molar-refractivity contribution < 1.29 is 17.6 Å². The van der Waals surface area contributed by atoms with Crippen molar-refractivity contribution in [3.63, 3.8) is 0 Å². The summed E-state index contributed by atoms with van der Waals surface area (Å²) < 4.78 is 40.4. The zero-order valence-electron chi connectivity index (χ0n) is 6.75. The van der Waals surface area contributed by atoms with E-state index >= 15 is 0 Å². The SMILES string of the molecule is FC(F)(F)c1cccc(C=NOCl)c1. The van der Waals surface area contributed by atoms with Gasteiger partial charge in [0.1, 0.15) is 0 Å². The first kappa shape index (κ1) is 10.8. The van der Waals surface area contributed by atoms with Crippen LogP contribution in [0, 0.1) is 0 Å². The van der Waals surface area contributed by atoms with Gasteiger partial charge in [0.2, 0.25) is 0 Å². The first-order valence-corrected chi connectivity index (χ1v) is 3.83. The second-order valence-corrected chi connectivity index (χ2v) is 2.56. The summed E-state index contributed by atoms with van der Waals surface area (Å²) in [5.41, 5.74) is -0.475. The van der Waals surface area contributed by atoms with Crippen LogP contribution in [0.25, 0.3) is 0 Å².